The fourth-order valence-corrected chi connectivity index (χ4v) is 3.11. The summed E-state index contributed by atoms with van der Waals surface area (Å²) in [6.07, 6.45) is 0. The molecule has 0 saturated heterocycles. The summed E-state index contributed by atoms with van der Waals surface area (Å²) in [5, 5.41) is 2.80. The van der Waals surface area contributed by atoms with Gasteiger partial charge in [-0.3, -0.25) is 4.79 Å². The molecule has 2 rings (SSSR count). The van der Waals surface area contributed by atoms with Crippen LogP contribution in [0.5, 0.6) is 5.75 Å². The number of aryl methyl sites for hydroxylation is 3. The maximum atomic E-state index is 12.2. The number of ether oxygens (including phenoxy) is 1. The molecule has 128 valence electrons. The molecule has 24 heavy (non-hydrogen) atoms. The van der Waals surface area contributed by atoms with Crippen LogP contribution in [0, 0.1) is 20.8 Å². The maximum Gasteiger partial charge on any atom is 0.233 e. The van der Waals surface area contributed by atoms with Crippen LogP contribution in [0.1, 0.15) is 23.6 Å². The minimum absolute atomic E-state index is 0.0325. The number of nitrogens with one attached hydrogen (secondary N) is 1. The summed E-state index contributed by atoms with van der Waals surface area (Å²) in [5.41, 5.74) is 3.50. The van der Waals surface area contributed by atoms with Crippen LogP contribution in [-0.2, 0) is 4.79 Å². The highest BCUT2D eigenvalue weighted by Crippen LogP contribution is 2.23. The van der Waals surface area contributed by atoms with Gasteiger partial charge in [0.1, 0.15) is 12.4 Å². The van der Waals surface area contributed by atoms with Crippen molar-refractivity contribution in [1.29, 1.82) is 0 Å². The molecule has 0 radical (unpaired) electrons. The van der Waals surface area contributed by atoms with Crippen LogP contribution in [0.4, 0.5) is 0 Å². The van der Waals surface area contributed by atoms with Gasteiger partial charge in [-0.05, 0) is 57.0 Å². The molecular formula is C20H25NO2S. The van der Waals surface area contributed by atoms with Gasteiger partial charge in [-0.2, -0.15) is 0 Å². The Hall–Kier alpha value is -1.94. The van der Waals surface area contributed by atoms with Crippen molar-refractivity contribution in [3.8, 4) is 5.75 Å². The van der Waals surface area contributed by atoms with Crippen LogP contribution in [0.15, 0.2) is 47.4 Å². The number of benzene rings is 2. The molecule has 0 heterocycles. The van der Waals surface area contributed by atoms with E-state index in [0.717, 1.165) is 16.2 Å². The van der Waals surface area contributed by atoms with Gasteiger partial charge in [-0.15, -0.1) is 11.8 Å². The molecule has 1 amide bonds. The summed E-state index contributed by atoms with van der Waals surface area (Å²) in [4.78, 5) is 13.3. The molecule has 0 spiro atoms. The monoisotopic (exact) mass is 343 g/mol. The number of carbonyl (C=O) groups is 1. The Labute approximate surface area is 148 Å². The van der Waals surface area contributed by atoms with Crippen LogP contribution in [-0.4, -0.2) is 24.3 Å². The van der Waals surface area contributed by atoms with Crippen LogP contribution < -0.4 is 10.1 Å². The number of rotatable bonds is 7. The average molecular weight is 343 g/mol. The second-order valence-electron chi connectivity index (χ2n) is 5.98. The highest BCUT2D eigenvalue weighted by atomic mass is 32.2. The summed E-state index contributed by atoms with van der Waals surface area (Å²) < 4.78 is 5.76. The highest BCUT2D eigenvalue weighted by Gasteiger charge is 2.13. The molecule has 0 aliphatic heterocycles. The van der Waals surface area contributed by atoms with Crippen LogP contribution >= 0.6 is 11.8 Å². The van der Waals surface area contributed by atoms with E-state index in [1.54, 1.807) is 11.8 Å². The third kappa shape index (κ3) is 5.60. The van der Waals surface area contributed by atoms with Gasteiger partial charge in [0.15, 0.2) is 0 Å². The van der Waals surface area contributed by atoms with Gasteiger partial charge in [0.05, 0.1) is 11.8 Å². The maximum absolute atomic E-state index is 12.2. The Balaban J connectivity index is 1.74. The van der Waals surface area contributed by atoms with E-state index in [1.165, 1.54) is 11.1 Å². The second-order valence-corrected chi connectivity index (χ2v) is 7.40. The van der Waals surface area contributed by atoms with Crippen molar-refractivity contribution >= 4 is 17.7 Å². The Bertz CT molecular complexity index is 683. The Morgan fingerprint density at radius 1 is 1.08 bits per heavy atom. The van der Waals surface area contributed by atoms with E-state index in [0.29, 0.717) is 13.2 Å². The van der Waals surface area contributed by atoms with E-state index < -0.39 is 0 Å². The lowest BCUT2D eigenvalue weighted by atomic mass is 10.1. The molecule has 0 unspecified atom stereocenters. The zero-order valence-corrected chi connectivity index (χ0v) is 15.6. The molecule has 0 aliphatic carbocycles. The van der Waals surface area contributed by atoms with Crippen molar-refractivity contribution in [2.45, 2.75) is 37.8 Å². The van der Waals surface area contributed by atoms with Gasteiger partial charge in [0.2, 0.25) is 5.91 Å². The molecule has 0 fully saturated rings. The fourth-order valence-electron chi connectivity index (χ4n) is 2.22. The van der Waals surface area contributed by atoms with Gasteiger partial charge < -0.3 is 10.1 Å². The van der Waals surface area contributed by atoms with E-state index in [1.807, 2.05) is 45.0 Å². The van der Waals surface area contributed by atoms with Crippen molar-refractivity contribution in [2.75, 3.05) is 13.2 Å². The molecule has 2 aromatic carbocycles. The van der Waals surface area contributed by atoms with E-state index in [2.05, 4.69) is 30.4 Å². The first-order chi connectivity index (χ1) is 11.5. The summed E-state index contributed by atoms with van der Waals surface area (Å²) >= 11 is 1.57. The zero-order valence-electron chi connectivity index (χ0n) is 14.8. The Morgan fingerprint density at radius 2 is 1.75 bits per heavy atom. The highest BCUT2D eigenvalue weighted by molar-refractivity contribution is 8.00. The number of carbonyl (C=O) groups excluding carboxylic acids is 1. The molecule has 4 heteroatoms. The van der Waals surface area contributed by atoms with Crippen molar-refractivity contribution in [3.05, 3.63) is 59.2 Å². The van der Waals surface area contributed by atoms with Crippen molar-refractivity contribution in [3.63, 3.8) is 0 Å². The number of hydrogen-bond donors (Lipinski definition) is 1. The molecular weight excluding hydrogens is 318 g/mol. The largest absolute Gasteiger partial charge is 0.491 e. The predicted molar refractivity (Wildman–Crippen MR) is 101 cm³/mol. The molecule has 0 saturated carbocycles. The summed E-state index contributed by atoms with van der Waals surface area (Å²) in [5.74, 6) is 0.913. The first kappa shape index (κ1) is 18.4. The van der Waals surface area contributed by atoms with Crippen LogP contribution in [0.2, 0.25) is 0 Å². The lowest BCUT2D eigenvalue weighted by Crippen LogP contribution is -2.34. The van der Waals surface area contributed by atoms with Crippen LogP contribution in [0.3, 0.4) is 0 Å². The van der Waals surface area contributed by atoms with E-state index in [4.69, 9.17) is 4.74 Å². The molecule has 0 aliphatic rings. The Morgan fingerprint density at radius 3 is 2.46 bits per heavy atom. The molecule has 0 bridgehead atoms. The number of amides is 1. The number of hydrogen-bond acceptors (Lipinski definition) is 3. The Kier molecular flexibility index (Phi) is 6.73. The first-order valence-electron chi connectivity index (χ1n) is 8.17. The molecule has 3 nitrogen and oxygen atoms in total. The number of thioether (sulfide) groups is 1. The van der Waals surface area contributed by atoms with Crippen molar-refractivity contribution in [1.82, 2.24) is 5.32 Å². The molecule has 1 atom stereocenters. The summed E-state index contributed by atoms with van der Waals surface area (Å²) in [6.45, 7) is 9.01. The van der Waals surface area contributed by atoms with E-state index >= 15 is 0 Å². The summed E-state index contributed by atoms with van der Waals surface area (Å²) in [6, 6.07) is 14.3. The third-order valence-corrected chi connectivity index (χ3v) is 4.82. The fraction of sp³-hybridized carbons (Fsp3) is 0.350. The van der Waals surface area contributed by atoms with Crippen LogP contribution in [0.25, 0.3) is 0 Å². The third-order valence-electron chi connectivity index (χ3n) is 3.71. The topological polar surface area (TPSA) is 38.3 Å². The second kappa shape index (κ2) is 8.78. The van der Waals surface area contributed by atoms with Gasteiger partial charge in [-0.25, -0.2) is 0 Å². The van der Waals surface area contributed by atoms with E-state index in [-0.39, 0.29) is 11.2 Å². The average Bonchev–Trinajstić information content (AvgIpc) is 2.56. The van der Waals surface area contributed by atoms with E-state index in [9.17, 15) is 4.79 Å². The predicted octanol–water partition coefficient (Wildman–Crippen LogP) is 4.29. The lowest BCUT2D eigenvalue weighted by Gasteiger charge is -2.13. The normalized spacial score (nSPS) is 11.8. The first-order valence-corrected chi connectivity index (χ1v) is 9.05. The van der Waals surface area contributed by atoms with Gasteiger partial charge in [0.25, 0.3) is 0 Å². The van der Waals surface area contributed by atoms with Gasteiger partial charge in [-0.1, -0.05) is 29.8 Å². The minimum Gasteiger partial charge on any atom is -0.491 e. The van der Waals surface area contributed by atoms with Gasteiger partial charge in [0, 0.05) is 4.90 Å². The smallest absolute Gasteiger partial charge is 0.233 e. The van der Waals surface area contributed by atoms with Crippen molar-refractivity contribution in [2.24, 2.45) is 0 Å². The van der Waals surface area contributed by atoms with Gasteiger partial charge >= 0.3 is 0 Å². The SMILES string of the molecule is Cc1ccc(S[C@@H](C)C(=O)NCCOc2cc(C)ccc2C)cc1. The lowest BCUT2D eigenvalue weighted by molar-refractivity contribution is -0.120. The minimum atomic E-state index is -0.131. The molecule has 1 N–H and O–H groups in total. The zero-order chi connectivity index (χ0) is 17.5. The molecule has 0 aromatic heterocycles. The quantitative estimate of drug-likeness (QED) is 0.602. The standard InChI is InChI=1S/C20H25NO2S/c1-14-6-9-18(10-7-14)24-17(4)20(22)21-11-12-23-19-13-15(2)5-8-16(19)3/h5-10,13,17H,11-12H2,1-4H3,(H,21,22)/t17-/m0/s1. The summed E-state index contributed by atoms with van der Waals surface area (Å²) in [7, 11) is 0. The molecule has 2 aromatic rings. The van der Waals surface area contributed by atoms with Crippen molar-refractivity contribution < 1.29 is 9.53 Å².